The highest BCUT2D eigenvalue weighted by Gasteiger charge is 2.47. The van der Waals surface area contributed by atoms with Crippen LogP contribution in [0.1, 0.15) is 13.3 Å². The molecule has 0 aromatic rings. The van der Waals surface area contributed by atoms with Crippen molar-refractivity contribution >= 4 is 11.9 Å². The molecular weight excluding hydrogens is 258 g/mol. The molecule has 110 valence electrons. The number of carbonyl (C=O) groups excluding carboxylic acids is 1. The smallest absolute Gasteiger partial charge is 0.311 e. The molecule has 0 unspecified atom stereocenters. The third-order valence-electron chi connectivity index (χ3n) is 3.05. The first-order valence-corrected chi connectivity index (χ1v) is 5.97. The summed E-state index contributed by atoms with van der Waals surface area (Å²) in [6, 6.07) is 0. The molecule has 0 bridgehead atoms. The molecule has 1 saturated carbocycles. The molecule has 0 saturated heterocycles. The summed E-state index contributed by atoms with van der Waals surface area (Å²) >= 11 is 0. The van der Waals surface area contributed by atoms with E-state index >= 15 is 0 Å². The molecular formula is C11H19NO7. The minimum absolute atomic E-state index is 0.0233. The maximum absolute atomic E-state index is 11.1. The van der Waals surface area contributed by atoms with Crippen molar-refractivity contribution in [3.8, 4) is 0 Å². The highest BCUT2D eigenvalue weighted by Crippen LogP contribution is 2.28. The minimum Gasteiger partial charge on any atom is -0.481 e. The largest absolute Gasteiger partial charge is 0.481 e. The number of hydrogen-bond donors (Lipinski definition) is 5. The summed E-state index contributed by atoms with van der Waals surface area (Å²) in [6.45, 7) is 1.45. The highest BCUT2D eigenvalue weighted by molar-refractivity contribution is 5.72. The maximum Gasteiger partial charge on any atom is 0.311 e. The molecule has 1 aliphatic carbocycles. The number of carboxylic acid groups (broad SMARTS) is 1. The molecule has 19 heavy (non-hydrogen) atoms. The number of carbonyl (C=O) groups is 2. The van der Waals surface area contributed by atoms with Gasteiger partial charge in [-0.3, -0.25) is 9.59 Å². The number of rotatable bonds is 5. The van der Waals surface area contributed by atoms with E-state index < -0.39 is 36.3 Å². The fourth-order valence-electron chi connectivity index (χ4n) is 2.11. The van der Waals surface area contributed by atoms with Gasteiger partial charge in [-0.15, -0.1) is 0 Å². The Morgan fingerprint density at radius 1 is 1.26 bits per heavy atom. The van der Waals surface area contributed by atoms with Crippen LogP contribution in [-0.4, -0.2) is 69.9 Å². The van der Waals surface area contributed by atoms with E-state index in [0.29, 0.717) is 0 Å². The predicted octanol–water partition coefficient (Wildman–Crippen LogP) is -2.31. The van der Waals surface area contributed by atoms with Gasteiger partial charge in [-0.25, -0.2) is 0 Å². The van der Waals surface area contributed by atoms with E-state index in [1.807, 2.05) is 0 Å². The maximum atomic E-state index is 11.1. The van der Waals surface area contributed by atoms with Crippen molar-refractivity contribution in [2.24, 2.45) is 5.92 Å². The van der Waals surface area contributed by atoms with Gasteiger partial charge in [0.15, 0.2) is 0 Å². The lowest BCUT2D eigenvalue weighted by Gasteiger charge is -2.39. The van der Waals surface area contributed by atoms with Gasteiger partial charge in [0.25, 0.3) is 0 Å². The van der Waals surface area contributed by atoms with E-state index in [1.54, 1.807) is 0 Å². The standard InChI is InChI=1S/C11H19NO7/c1-5(13)12-2-3-19-10-8(11(17)18)6(14)4-7(15)9(10)16/h6-10,14-16H,2-4H2,1H3,(H,12,13)(H,17,18)/t6-,7-,8-,9+,10+/m0/s1. The van der Waals surface area contributed by atoms with Crippen molar-refractivity contribution in [1.29, 1.82) is 0 Å². The summed E-state index contributed by atoms with van der Waals surface area (Å²) in [6.07, 6.45) is -5.35. The molecule has 0 aliphatic heterocycles. The molecule has 5 N–H and O–H groups in total. The van der Waals surface area contributed by atoms with E-state index in [0.717, 1.165) is 0 Å². The van der Waals surface area contributed by atoms with Crippen LogP contribution in [0.4, 0.5) is 0 Å². The molecule has 8 nitrogen and oxygen atoms in total. The first-order chi connectivity index (χ1) is 8.84. The van der Waals surface area contributed by atoms with Crippen LogP contribution >= 0.6 is 0 Å². The first kappa shape index (κ1) is 15.8. The molecule has 0 aromatic carbocycles. The van der Waals surface area contributed by atoms with Crippen LogP contribution < -0.4 is 5.32 Å². The summed E-state index contributed by atoms with van der Waals surface area (Å²) in [5.74, 6) is -2.87. The fourth-order valence-corrected chi connectivity index (χ4v) is 2.11. The fraction of sp³-hybridized carbons (Fsp3) is 0.818. The number of ether oxygens (including phenoxy) is 1. The van der Waals surface area contributed by atoms with Crippen LogP contribution in [0.25, 0.3) is 0 Å². The summed E-state index contributed by atoms with van der Waals surface area (Å²) in [5.41, 5.74) is 0. The number of aliphatic carboxylic acids is 1. The SMILES string of the molecule is CC(=O)NCCO[C@H]1[C@H](O)[C@@H](O)C[C@H](O)[C@@H]1C(=O)O. The van der Waals surface area contributed by atoms with Crippen molar-refractivity contribution in [2.75, 3.05) is 13.2 Å². The summed E-state index contributed by atoms with van der Waals surface area (Å²) in [4.78, 5) is 21.7. The van der Waals surface area contributed by atoms with E-state index in [2.05, 4.69) is 5.32 Å². The highest BCUT2D eigenvalue weighted by atomic mass is 16.5. The lowest BCUT2D eigenvalue weighted by Crippen LogP contribution is -2.56. The third-order valence-corrected chi connectivity index (χ3v) is 3.05. The predicted molar refractivity (Wildman–Crippen MR) is 62.2 cm³/mol. The van der Waals surface area contributed by atoms with Crippen LogP contribution in [0.15, 0.2) is 0 Å². The molecule has 0 spiro atoms. The molecule has 1 aliphatic rings. The second-order valence-electron chi connectivity index (χ2n) is 4.54. The number of hydrogen-bond acceptors (Lipinski definition) is 6. The van der Waals surface area contributed by atoms with Crippen molar-refractivity contribution < 1.29 is 34.8 Å². The normalized spacial score (nSPS) is 34.8. The zero-order chi connectivity index (χ0) is 14.6. The van der Waals surface area contributed by atoms with Crippen molar-refractivity contribution in [2.45, 2.75) is 37.8 Å². The van der Waals surface area contributed by atoms with Gasteiger partial charge in [-0.1, -0.05) is 0 Å². The van der Waals surface area contributed by atoms with Gasteiger partial charge in [-0.05, 0) is 0 Å². The molecule has 0 heterocycles. The molecule has 1 amide bonds. The number of nitrogens with one attached hydrogen (secondary N) is 1. The molecule has 1 fully saturated rings. The Balaban J connectivity index is 2.62. The summed E-state index contributed by atoms with van der Waals surface area (Å²) in [7, 11) is 0. The van der Waals surface area contributed by atoms with Crippen LogP contribution in [0.3, 0.4) is 0 Å². The minimum atomic E-state index is -1.39. The van der Waals surface area contributed by atoms with Crippen LogP contribution in [0.2, 0.25) is 0 Å². The second kappa shape index (κ2) is 6.80. The zero-order valence-electron chi connectivity index (χ0n) is 10.5. The first-order valence-electron chi connectivity index (χ1n) is 5.97. The van der Waals surface area contributed by atoms with Gasteiger partial charge in [-0.2, -0.15) is 0 Å². The number of aliphatic hydroxyl groups is 3. The molecule has 1 rings (SSSR count). The average Bonchev–Trinajstić information content (AvgIpc) is 2.29. The zero-order valence-corrected chi connectivity index (χ0v) is 10.5. The summed E-state index contributed by atoms with van der Waals surface area (Å²) < 4.78 is 5.19. The van der Waals surface area contributed by atoms with Crippen LogP contribution in [0.5, 0.6) is 0 Å². The average molecular weight is 277 g/mol. The monoisotopic (exact) mass is 277 g/mol. The number of amides is 1. The van der Waals surface area contributed by atoms with Gasteiger partial charge in [0.2, 0.25) is 5.91 Å². The molecule has 0 radical (unpaired) electrons. The lowest BCUT2D eigenvalue weighted by atomic mass is 9.80. The quantitative estimate of drug-likeness (QED) is 0.356. The lowest BCUT2D eigenvalue weighted by molar-refractivity contribution is -0.188. The van der Waals surface area contributed by atoms with Crippen molar-refractivity contribution in [3.05, 3.63) is 0 Å². The summed E-state index contributed by atoms with van der Waals surface area (Å²) in [5, 5.41) is 40.4. The molecule has 0 aromatic heterocycles. The topological polar surface area (TPSA) is 136 Å². The Morgan fingerprint density at radius 2 is 1.89 bits per heavy atom. The Hall–Kier alpha value is -1.22. The van der Waals surface area contributed by atoms with E-state index in [-0.39, 0.29) is 25.5 Å². The van der Waals surface area contributed by atoms with Gasteiger partial charge >= 0.3 is 5.97 Å². The van der Waals surface area contributed by atoms with Gasteiger partial charge in [0.05, 0.1) is 18.8 Å². The van der Waals surface area contributed by atoms with Crippen molar-refractivity contribution in [1.82, 2.24) is 5.32 Å². The second-order valence-corrected chi connectivity index (χ2v) is 4.54. The third kappa shape index (κ3) is 4.13. The Labute approximate surface area is 110 Å². The Bertz CT molecular complexity index is 335. The van der Waals surface area contributed by atoms with Crippen LogP contribution in [0, 0.1) is 5.92 Å². The van der Waals surface area contributed by atoms with Gasteiger partial charge < -0.3 is 30.5 Å². The van der Waals surface area contributed by atoms with E-state index in [9.17, 15) is 24.9 Å². The van der Waals surface area contributed by atoms with E-state index in [1.165, 1.54) is 6.92 Å². The Kier molecular flexibility index (Phi) is 5.67. The number of aliphatic hydroxyl groups excluding tert-OH is 3. The van der Waals surface area contributed by atoms with E-state index in [4.69, 9.17) is 9.84 Å². The van der Waals surface area contributed by atoms with Gasteiger partial charge in [0, 0.05) is 19.9 Å². The molecule has 5 atom stereocenters. The molecule has 8 heteroatoms. The van der Waals surface area contributed by atoms with Crippen LogP contribution in [-0.2, 0) is 14.3 Å². The Morgan fingerprint density at radius 3 is 2.42 bits per heavy atom. The van der Waals surface area contributed by atoms with Gasteiger partial charge in [0.1, 0.15) is 18.1 Å². The van der Waals surface area contributed by atoms with Crippen molar-refractivity contribution in [3.63, 3.8) is 0 Å². The number of carboxylic acids is 1.